The Bertz CT molecular complexity index is 807. The molecular weight excluding hydrogens is 328 g/mol. The van der Waals surface area contributed by atoms with E-state index in [1.165, 1.54) is 5.56 Å². The molecule has 2 bridgehead atoms. The quantitative estimate of drug-likeness (QED) is 0.865. The summed E-state index contributed by atoms with van der Waals surface area (Å²) in [7, 11) is 0. The summed E-state index contributed by atoms with van der Waals surface area (Å²) in [4.78, 5) is 21.0. The topological polar surface area (TPSA) is 76.1 Å². The zero-order valence-corrected chi connectivity index (χ0v) is 14.6. The first-order valence-corrected chi connectivity index (χ1v) is 9.29. The SMILES string of the molecule is O=C(Nc1ccc(CC23CNC(CO2)C3)cc1)c1cnc(C2CC2)nc1. The third kappa shape index (κ3) is 3.10. The van der Waals surface area contributed by atoms with E-state index in [-0.39, 0.29) is 11.5 Å². The highest BCUT2D eigenvalue weighted by Gasteiger charge is 2.45. The molecule has 1 aromatic carbocycles. The third-order valence-electron chi connectivity index (χ3n) is 5.54. The van der Waals surface area contributed by atoms with Gasteiger partial charge < -0.3 is 15.4 Å². The molecule has 1 aromatic heterocycles. The van der Waals surface area contributed by atoms with Crippen LogP contribution in [0.15, 0.2) is 36.7 Å². The molecule has 1 saturated carbocycles. The Kier molecular flexibility index (Phi) is 3.76. The summed E-state index contributed by atoms with van der Waals surface area (Å²) >= 11 is 0. The first kappa shape index (κ1) is 15.9. The lowest BCUT2D eigenvalue weighted by atomic mass is 9.93. The number of fused-ring (bicyclic) bond motifs is 2. The largest absolute Gasteiger partial charge is 0.372 e. The number of anilines is 1. The number of aromatic nitrogens is 2. The molecule has 3 fully saturated rings. The minimum Gasteiger partial charge on any atom is -0.372 e. The number of rotatable bonds is 5. The molecule has 0 spiro atoms. The maximum atomic E-state index is 12.4. The Morgan fingerprint density at radius 3 is 2.58 bits per heavy atom. The van der Waals surface area contributed by atoms with E-state index >= 15 is 0 Å². The van der Waals surface area contributed by atoms with E-state index in [1.807, 2.05) is 12.1 Å². The van der Waals surface area contributed by atoms with E-state index in [9.17, 15) is 4.79 Å². The number of nitrogens with zero attached hydrogens (tertiary/aromatic N) is 2. The summed E-state index contributed by atoms with van der Waals surface area (Å²) in [6.07, 6.45) is 7.53. The van der Waals surface area contributed by atoms with Gasteiger partial charge in [-0.3, -0.25) is 4.79 Å². The average molecular weight is 350 g/mol. The van der Waals surface area contributed by atoms with Crippen LogP contribution >= 0.6 is 0 Å². The van der Waals surface area contributed by atoms with Crippen LogP contribution in [0.2, 0.25) is 0 Å². The summed E-state index contributed by atoms with van der Waals surface area (Å²) < 4.78 is 5.98. The van der Waals surface area contributed by atoms with Gasteiger partial charge in [0.05, 0.1) is 17.8 Å². The second-order valence-corrected chi connectivity index (χ2v) is 7.71. The number of hydrogen-bond acceptors (Lipinski definition) is 5. The summed E-state index contributed by atoms with van der Waals surface area (Å²) in [6, 6.07) is 8.52. The van der Waals surface area contributed by atoms with Crippen LogP contribution in [-0.2, 0) is 11.2 Å². The van der Waals surface area contributed by atoms with E-state index in [0.29, 0.717) is 17.5 Å². The smallest absolute Gasteiger partial charge is 0.258 e. The van der Waals surface area contributed by atoms with Gasteiger partial charge in [0.25, 0.3) is 5.91 Å². The number of carbonyl (C=O) groups excluding carboxylic acids is 1. The predicted octanol–water partition coefficient (Wildman–Crippen LogP) is 2.28. The predicted molar refractivity (Wildman–Crippen MR) is 97.2 cm³/mol. The maximum Gasteiger partial charge on any atom is 0.258 e. The fourth-order valence-electron chi connectivity index (χ4n) is 3.90. The first-order chi connectivity index (χ1) is 12.7. The highest BCUT2D eigenvalue weighted by molar-refractivity contribution is 6.03. The zero-order valence-electron chi connectivity index (χ0n) is 14.6. The van der Waals surface area contributed by atoms with Crippen molar-refractivity contribution in [3.8, 4) is 0 Å². The minimum atomic E-state index is -0.180. The molecule has 2 atom stereocenters. The van der Waals surface area contributed by atoms with E-state index < -0.39 is 0 Å². The lowest BCUT2D eigenvalue weighted by Crippen LogP contribution is -2.40. The van der Waals surface area contributed by atoms with Crippen LogP contribution in [0.25, 0.3) is 0 Å². The molecule has 1 aliphatic carbocycles. The Morgan fingerprint density at radius 2 is 2.00 bits per heavy atom. The Labute approximate surface area is 152 Å². The number of carbonyl (C=O) groups is 1. The van der Waals surface area contributed by atoms with Crippen molar-refractivity contribution in [3.63, 3.8) is 0 Å². The van der Waals surface area contributed by atoms with Gasteiger partial charge in [0.1, 0.15) is 5.82 Å². The number of amides is 1. The Morgan fingerprint density at radius 1 is 1.23 bits per heavy atom. The van der Waals surface area contributed by atoms with Gasteiger partial charge in [0.15, 0.2) is 0 Å². The molecule has 2 saturated heterocycles. The summed E-state index contributed by atoms with van der Waals surface area (Å²) in [5.41, 5.74) is 2.44. The molecular formula is C20H22N4O2. The van der Waals surface area contributed by atoms with E-state index in [1.54, 1.807) is 12.4 Å². The van der Waals surface area contributed by atoms with Crippen LogP contribution in [0, 0.1) is 0 Å². The molecule has 26 heavy (non-hydrogen) atoms. The van der Waals surface area contributed by atoms with Gasteiger partial charge in [-0.1, -0.05) is 12.1 Å². The van der Waals surface area contributed by atoms with Gasteiger partial charge in [0, 0.05) is 43.0 Å². The maximum absolute atomic E-state index is 12.4. The number of morpholine rings is 1. The van der Waals surface area contributed by atoms with Gasteiger partial charge >= 0.3 is 0 Å². The van der Waals surface area contributed by atoms with E-state index in [4.69, 9.17) is 4.74 Å². The molecule has 2 aromatic rings. The number of hydrogen-bond donors (Lipinski definition) is 2. The molecule has 0 radical (unpaired) electrons. The van der Waals surface area contributed by atoms with Crippen LogP contribution in [0.1, 0.15) is 46.9 Å². The van der Waals surface area contributed by atoms with Crippen molar-refractivity contribution < 1.29 is 9.53 Å². The molecule has 6 nitrogen and oxygen atoms in total. The van der Waals surface area contributed by atoms with Crippen molar-refractivity contribution in [2.75, 3.05) is 18.5 Å². The normalized spacial score (nSPS) is 26.8. The highest BCUT2D eigenvalue weighted by Crippen LogP contribution is 2.37. The fourth-order valence-corrected chi connectivity index (χ4v) is 3.90. The molecule has 134 valence electrons. The van der Waals surface area contributed by atoms with Crippen LogP contribution in [0.5, 0.6) is 0 Å². The zero-order chi connectivity index (χ0) is 17.6. The molecule has 6 heteroatoms. The molecule has 2 aliphatic heterocycles. The molecule has 2 N–H and O–H groups in total. The molecule has 5 rings (SSSR count). The van der Waals surface area contributed by atoms with Gasteiger partial charge in [-0.15, -0.1) is 0 Å². The number of benzene rings is 1. The van der Waals surface area contributed by atoms with Crippen molar-refractivity contribution in [2.45, 2.75) is 43.2 Å². The van der Waals surface area contributed by atoms with Crippen molar-refractivity contribution in [1.29, 1.82) is 0 Å². The van der Waals surface area contributed by atoms with E-state index in [2.05, 4.69) is 32.7 Å². The third-order valence-corrected chi connectivity index (χ3v) is 5.54. The number of ether oxygens (including phenoxy) is 1. The Hall–Kier alpha value is -2.31. The standard InChI is InChI=1S/C20H22N4O2/c25-19(15-9-21-18(22-10-15)14-3-4-14)24-16-5-1-13(2-6-16)7-20-8-17(11-26-20)23-12-20/h1-2,5-6,9-10,14,17,23H,3-4,7-8,11-12H2,(H,24,25). The van der Waals surface area contributed by atoms with Crippen molar-refractivity contribution in [3.05, 3.63) is 53.6 Å². The number of nitrogens with one attached hydrogen (secondary N) is 2. The van der Waals surface area contributed by atoms with Crippen molar-refractivity contribution in [1.82, 2.24) is 15.3 Å². The Balaban J connectivity index is 1.22. The highest BCUT2D eigenvalue weighted by atomic mass is 16.5. The molecule has 2 unspecified atom stereocenters. The van der Waals surface area contributed by atoms with Gasteiger partial charge in [-0.25, -0.2) is 9.97 Å². The second-order valence-electron chi connectivity index (χ2n) is 7.71. The lowest BCUT2D eigenvalue weighted by Gasteiger charge is -2.26. The molecule has 3 aliphatic rings. The van der Waals surface area contributed by atoms with Crippen LogP contribution in [0.3, 0.4) is 0 Å². The fraction of sp³-hybridized carbons (Fsp3) is 0.450. The summed E-state index contributed by atoms with van der Waals surface area (Å²) in [6.45, 7) is 1.74. The van der Waals surface area contributed by atoms with Crippen molar-refractivity contribution in [2.24, 2.45) is 0 Å². The average Bonchev–Trinajstić information content (AvgIpc) is 3.35. The van der Waals surface area contributed by atoms with Crippen LogP contribution < -0.4 is 10.6 Å². The monoisotopic (exact) mass is 350 g/mol. The van der Waals surface area contributed by atoms with Gasteiger partial charge in [-0.05, 0) is 37.0 Å². The van der Waals surface area contributed by atoms with Crippen LogP contribution in [-0.4, -0.2) is 40.7 Å². The first-order valence-electron chi connectivity index (χ1n) is 9.29. The lowest BCUT2D eigenvalue weighted by molar-refractivity contribution is -0.00521. The molecule has 3 heterocycles. The van der Waals surface area contributed by atoms with E-state index in [0.717, 1.165) is 50.3 Å². The van der Waals surface area contributed by atoms with Crippen LogP contribution in [0.4, 0.5) is 5.69 Å². The second kappa shape index (κ2) is 6.14. The molecule has 1 amide bonds. The summed E-state index contributed by atoms with van der Waals surface area (Å²) in [5.74, 6) is 1.16. The minimum absolute atomic E-state index is 0.0456. The van der Waals surface area contributed by atoms with Gasteiger partial charge in [0.2, 0.25) is 0 Å². The van der Waals surface area contributed by atoms with Crippen molar-refractivity contribution >= 4 is 11.6 Å². The van der Waals surface area contributed by atoms with Gasteiger partial charge in [-0.2, -0.15) is 0 Å². The summed E-state index contributed by atoms with van der Waals surface area (Å²) in [5, 5.41) is 6.41.